The molecular weight excluding hydrogens is 248 g/mol. The summed E-state index contributed by atoms with van der Waals surface area (Å²) in [5, 5.41) is 8.95. The number of rotatable bonds is 1. The van der Waals surface area contributed by atoms with Crippen LogP contribution < -0.4 is 0 Å². The van der Waals surface area contributed by atoms with Gasteiger partial charge in [0, 0.05) is 0 Å². The molecule has 1 saturated heterocycles. The fraction of sp³-hybridized carbons (Fsp3) is 0.818. The standard InChI is InChI=1S/C11H15F2NO4/c1-10(2,3)18-9(17)14-6(8(15)16)4-5-7(14)11(5,12)13/h5-7H,4H2,1-3H3,(H,15,16)/t5-,6-,7+/m1/s1. The Balaban J connectivity index is 2.17. The van der Waals surface area contributed by atoms with E-state index >= 15 is 0 Å². The first-order chi connectivity index (χ1) is 8.05. The normalized spacial score (nSPS) is 32.9. The number of halogens is 2. The summed E-state index contributed by atoms with van der Waals surface area (Å²) in [5.74, 6) is -5.31. The summed E-state index contributed by atoms with van der Waals surface area (Å²) in [6.07, 6.45) is -1.20. The van der Waals surface area contributed by atoms with Crippen molar-refractivity contribution in [2.45, 2.75) is 50.8 Å². The molecule has 0 aromatic heterocycles. The van der Waals surface area contributed by atoms with Gasteiger partial charge in [0.15, 0.2) is 0 Å². The lowest BCUT2D eigenvalue weighted by atomic mass is 10.1. The van der Waals surface area contributed by atoms with Crippen LogP contribution in [0.4, 0.5) is 13.6 Å². The van der Waals surface area contributed by atoms with Crippen molar-refractivity contribution in [2.24, 2.45) is 5.92 Å². The number of carboxylic acid groups (broad SMARTS) is 1. The van der Waals surface area contributed by atoms with Gasteiger partial charge in [-0.3, -0.25) is 4.90 Å². The lowest BCUT2D eigenvalue weighted by Crippen LogP contribution is -2.47. The van der Waals surface area contributed by atoms with Crippen molar-refractivity contribution in [3.8, 4) is 0 Å². The number of carboxylic acids is 1. The van der Waals surface area contributed by atoms with Crippen LogP contribution in [0.2, 0.25) is 0 Å². The maximum atomic E-state index is 13.3. The fourth-order valence-corrected chi connectivity index (χ4v) is 2.36. The number of hydrogen-bond acceptors (Lipinski definition) is 3. The quantitative estimate of drug-likeness (QED) is 0.782. The number of nitrogens with zero attached hydrogens (tertiary/aromatic N) is 1. The number of aliphatic carboxylic acids is 1. The molecule has 1 aliphatic heterocycles. The molecule has 1 saturated carbocycles. The van der Waals surface area contributed by atoms with E-state index in [0.29, 0.717) is 4.90 Å². The zero-order valence-corrected chi connectivity index (χ0v) is 10.3. The van der Waals surface area contributed by atoms with Crippen LogP contribution in [-0.4, -0.2) is 45.7 Å². The minimum absolute atomic E-state index is 0.216. The maximum Gasteiger partial charge on any atom is 0.411 e. The van der Waals surface area contributed by atoms with Crippen molar-refractivity contribution < 1.29 is 28.2 Å². The van der Waals surface area contributed by atoms with Gasteiger partial charge in [0.2, 0.25) is 0 Å². The molecular formula is C11H15F2NO4. The van der Waals surface area contributed by atoms with E-state index in [1.165, 1.54) is 0 Å². The number of hydrogen-bond donors (Lipinski definition) is 1. The van der Waals surface area contributed by atoms with Gasteiger partial charge in [0.25, 0.3) is 5.92 Å². The second-order valence-electron chi connectivity index (χ2n) is 5.70. The van der Waals surface area contributed by atoms with Crippen LogP contribution in [0.3, 0.4) is 0 Å². The first-order valence-electron chi connectivity index (χ1n) is 5.67. The highest BCUT2D eigenvalue weighted by molar-refractivity contribution is 5.82. The molecule has 18 heavy (non-hydrogen) atoms. The molecule has 7 heteroatoms. The number of carbonyl (C=O) groups excluding carboxylic acids is 1. The molecule has 1 aliphatic carbocycles. The molecule has 0 unspecified atom stereocenters. The van der Waals surface area contributed by atoms with Gasteiger partial charge < -0.3 is 9.84 Å². The zero-order chi connectivity index (χ0) is 13.9. The number of likely N-dealkylation sites (tertiary alicyclic amines) is 1. The Hall–Kier alpha value is -1.40. The predicted molar refractivity (Wildman–Crippen MR) is 56.3 cm³/mol. The fourth-order valence-electron chi connectivity index (χ4n) is 2.36. The highest BCUT2D eigenvalue weighted by Gasteiger charge is 2.78. The van der Waals surface area contributed by atoms with Gasteiger partial charge in [-0.2, -0.15) is 0 Å². The summed E-state index contributed by atoms with van der Waals surface area (Å²) in [6.45, 7) is 4.79. The van der Waals surface area contributed by atoms with E-state index in [1.807, 2.05) is 0 Å². The average molecular weight is 263 g/mol. The van der Waals surface area contributed by atoms with Gasteiger partial charge in [-0.1, -0.05) is 0 Å². The predicted octanol–water partition coefficient (Wildman–Crippen LogP) is 1.71. The van der Waals surface area contributed by atoms with Crippen LogP contribution in [0.25, 0.3) is 0 Å². The van der Waals surface area contributed by atoms with Crippen molar-refractivity contribution in [2.75, 3.05) is 0 Å². The van der Waals surface area contributed by atoms with Crippen LogP contribution in [0, 0.1) is 5.92 Å². The molecule has 5 nitrogen and oxygen atoms in total. The Bertz CT molecular complexity index is 404. The summed E-state index contributed by atoms with van der Waals surface area (Å²) in [4.78, 5) is 23.5. The number of carbonyl (C=O) groups is 2. The topological polar surface area (TPSA) is 66.8 Å². The first kappa shape index (κ1) is 13.0. The first-order valence-corrected chi connectivity index (χ1v) is 5.67. The maximum absolute atomic E-state index is 13.3. The Labute approximate surface area is 103 Å². The molecule has 102 valence electrons. The molecule has 0 aromatic carbocycles. The second kappa shape index (κ2) is 3.55. The summed E-state index contributed by atoms with van der Waals surface area (Å²) in [5.41, 5.74) is -0.845. The Morgan fingerprint density at radius 3 is 2.39 bits per heavy atom. The molecule has 0 bridgehead atoms. The van der Waals surface area contributed by atoms with Gasteiger partial charge in [0.1, 0.15) is 17.7 Å². The van der Waals surface area contributed by atoms with Gasteiger partial charge in [-0.25, -0.2) is 18.4 Å². The molecule has 0 radical (unpaired) electrons. The van der Waals surface area contributed by atoms with E-state index in [-0.39, 0.29) is 6.42 Å². The van der Waals surface area contributed by atoms with Crippen molar-refractivity contribution in [1.29, 1.82) is 0 Å². The molecule has 1 N–H and O–H groups in total. The smallest absolute Gasteiger partial charge is 0.411 e. The van der Waals surface area contributed by atoms with Crippen LogP contribution in [-0.2, 0) is 9.53 Å². The molecule has 0 aromatic rings. The lowest BCUT2D eigenvalue weighted by molar-refractivity contribution is -0.143. The van der Waals surface area contributed by atoms with Crippen molar-refractivity contribution >= 4 is 12.1 Å². The number of alkyl halides is 2. The molecule has 2 aliphatic rings. The van der Waals surface area contributed by atoms with Crippen LogP contribution in [0.1, 0.15) is 27.2 Å². The molecule has 2 fully saturated rings. The Morgan fingerprint density at radius 1 is 1.39 bits per heavy atom. The van der Waals surface area contributed by atoms with Gasteiger partial charge in [-0.05, 0) is 27.2 Å². The largest absolute Gasteiger partial charge is 0.480 e. The number of piperidine rings is 1. The number of amides is 1. The van der Waals surface area contributed by atoms with E-state index < -0.39 is 41.6 Å². The Kier molecular flexibility index (Phi) is 2.57. The summed E-state index contributed by atoms with van der Waals surface area (Å²) < 4.78 is 31.5. The summed E-state index contributed by atoms with van der Waals surface area (Å²) in [7, 11) is 0. The van der Waals surface area contributed by atoms with Crippen LogP contribution in [0.5, 0.6) is 0 Å². The monoisotopic (exact) mass is 263 g/mol. The van der Waals surface area contributed by atoms with E-state index in [2.05, 4.69) is 0 Å². The minimum atomic E-state index is -2.98. The number of ether oxygens (including phenoxy) is 1. The minimum Gasteiger partial charge on any atom is -0.480 e. The summed E-state index contributed by atoms with van der Waals surface area (Å²) in [6, 6.07) is -2.54. The van der Waals surface area contributed by atoms with Gasteiger partial charge >= 0.3 is 12.1 Å². The zero-order valence-electron chi connectivity index (χ0n) is 10.3. The van der Waals surface area contributed by atoms with E-state index in [4.69, 9.17) is 9.84 Å². The van der Waals surface area contributed by atoms with Crippen molar-refractivity contribution in [3.05, 3.63) is 0 Å². The number of fused-ring (bicyclic) bond motifs is 1. The molecule has 2 rings (SSSR count). The van der Waals surface area contributed by atoms with Crippen LogP contribution in [0.15, 0.2) is 0 Å². The molecule has 3 atom stereocenters. The van der Waals surface area contributed by atoms with E-state index in [9.17, 15) is 18.4 Å². The third kappa shape index (κ3) is 1.91. The molecule has 0 spiro atoms. The lowest BCUT2D eigenvalue weighted by Gasteiger charge is -2.29. The Morgan fingerprint density at radius 2 is 1.94 bits per heavy atom. The highest BCUT2D eigenvalue weighted by atomic mass is 19.3. The molecule has 1 heterocycles. The summed E-state index contributed by atoms with van der Waals surface area (Å²) >= 11 is 0. The average Bonchev–Trinajstić information content (AvgIpc) is 2.59. The van der Waals surface area contributed by atoms with Crippen LogP contribution >= 0.6 is 0 Å². The third-order valence-electron chi connectivity index (χ3n) is 3.16. The van der Waals surface area contributed by atoms with Crippen molar-refractivity contribution in [1.82, 2.24) is 4.90 Å². The second-order valence-corrected chi connectivity index (χ2v) is 5.70. The van der Waals surface area contributed by atoms with E-state index in [0.717, 1.165) is 0 Å². The highest BCUT2D eigenvalue weighted by Crippen LogP contribution is 2.60. The van der Waals surface area contributed by atoms with Crippen molar-refractivity contribution in [3.63, 3.8) is 0 Å². The van der Waals surface area contributed by atoms with E-state index in [1.54, 1.807) is 20.8 Å². The van der Waals surface area contributed by atoms with Gasteiger partial charge in [0.05, 0.1) is 5.92 Å². The van der Waals surface area contributed by atoms with Gasteiger partial charge in [-0.15, -0.1) is 0 Å². The molecule has 1 amide bonds. The third-order valence-corrected chi connectivity index (χ3v) is 3.16. The SMILES string of the molecule is CC(C)(C)OC(=O)N1[C@@H](C(=O)O)C[C@@H]2[C@H]1C2(F)F.